The third-order valence-corrected chi connectivity index (χ3v) is 1.80. The zero-order valence-electron chi connectivity index (χ0n) is 7.67. The Morgan fingerprint density at radius 3 is 2.77 bits per heavy atom. The maximum atomic E-state index is 11.2. The van der Waals surface area contributed by atoms with Gasteiger partial charge in [0.05, 0.1) is 5.70 Å². The number of unbranched alkanes of at least 4 members (excludes halogenated alkanes) is 1. The molecule has 0 saturated carbocycles. The van der Waals surface area contributed by atoms with Gasteiger partial charge in [-0.15, -0.1) is 0 Å². The minimum absolute atomic E-state index is 0.115. The fourth-order valence-electron chi connectivity index (χ4n) is 1.05. The fourth-order valence-corrected chi connectivity index (χ4v) is 1.05. The number of hydrogen-bond donors (Lipinski definition) is 1. The van der Waals surface area contributed by atoms with Crippen LogP contribution in [0.1, 0.15) is 19.8 Å². The van der Waals surface area contributed by atoms with E-state index in [0.29, 0.717) is 5.70 Å². The van der Waals surface area contributed by atoms with Gasteiger partial charge in [-0.2, -0.15) is 0 Å². The Morgan fingerprint density at radius 1 is 1.31 bits per heavy atom. The molecular formula is C10H13NO2. The number of ketones is 2. The fraction of sp³-hybridized carbons (Fsp3) is 0.400. The van der Waals surface area contributed by atoms with Crippen molar-refractivity contribution in [2.75, 3.05) is 6.54 Å². The number of nitrogens with one attached hydrogen (secondary N) is 1. The first-order chi connectivity index (χ1) is 6.24. The number of hydrogen-bond acceptors (Lipinski definition) is 3. The van der Waals surface area contributed by atoms with Crippen molar-refractivity contribution < 1.29 is 9.59 Å². The van der Waals surface area contributed by atoms with Crippen molar-refractivity contribution in [2.45, 2.75) is 19.8 Å². The van der Waals surface area contributed by atoms with Crippen molar-refractivity contribution in [3.05, 3.63) is 23.9 Å². The van der Waals surface area contributed by atoms with Gasteiger partial charge in [0.1, 0.15) is 0 Å². The summed E-state index contributed by atoms with van der Waals surface area (Å²) in [4.78, 5) is 22.1. The molecule has 0 aliphatic heterocycles. The van der Waals surface area contributed by atoms with Crippen molar-refractivity contribution in [1.29, 1.82) is 0 Å². The molecule has 13 heavy (non-hydrogen) atoms. The SMILES string of the molecule is CCCCNC1=CC(=O)C=CC1=O. The van der Waals surface area contributed by atoms with Gasteiger partial charge in [-0.25, -0.2) is 0 Å². The van der Waals surface area contributed by atoms with Crippen molar-refractivity contribution in [2.24, 2.45) is 0 Å². The molecule has 0 fully saturated rings. The molecule has 3 nitrogen and oxygen atoms in total. The molecule has 0 amide bonds. The van der Waals surface area contributed by atoms with E-state index in [0.717, 1.165) is 19.4 Å². The van der Waals surface area contributed by atoms with Gasteiger partial charge >= 0.3 is 0 Å². The van der Waals surface area contributed by atoms with Crippen LogP contribution in [0, 0.1) is 0 Å². The molecule has 70 valence electrons. The molecule has 0 heterocycles. The molecule has 0 radical (unpaired) electrons. The number of rotatable bonds is 4. The summed E-state index contributed by atoms with van der Waals surface area (Å²) in [5, 5.41) is 2.94. The van der Waals surface area contributed by atoms with Crippen LogP contribution < -0.4 is 5.32 Å². The van der Waals surface area contributed by atoms with Crippen molar-refractivity contribution in [1.82, 2.24) is 5.32 Å². The van der Waals surface area contributed by atoms with Crippen molar-refractivity contribution in [3.8, 4) is 0 Å². The van der Waals surface area contributed by atoms with E-state index in [9.17, 15) is 9.59 Å². The Labute approximate surface area is 77.5 Å². The van der Waals surface area contributed by atoms with Crippen LogP contribution in [0.5, 0.6) is 0 Å². The van der Waals surface area contributed by atoms with Crippen LogP contribution in [0.25, 0.3) is 0 Å². The standard InChI is InChI=1S/C10H13NO2/c1-2-3-6-11-9-7-8(12)4-5-10(9)13/h4-5,7,11H,2-3,6H2,1H3. The van der Waals surface area contributed by atoms with Gasteiger partial charge in [-0.3, -0.25) is 9.59 Å². The summed E-state index contributed by atoms with van der Waals surface area (Å²) < 4.78 is 0. The first-order valence-corrected chi connectivity index (χ1v) is 4.46. The quantitative estimate of drug-likeness (QED) is 0.516. The highest BCUT2D eigenvalue weighted by Crippen LogP contribution is 2.01. The van der Waals surface area contributed by atoms with Crippen LogP contribution in [0.2, 0.25) is 0 Å². The van der Waals surface area contributed by atoms with Crippen LogP contribution in [0.4, 0.5) is 0 Å². The minimum Gasteiger partial charge on any atom is -0.382 e. The largest absolute Gasteiger partial charge is 0.382 e. The number of carbonyl (C=O) groups excluding carboxylic acids is 2. The molecular weight excluding hydrogens is 166 g/mol. The average molecular weight is 179 g/mol. The van der Waals surface area contributed by atoms with Crippen LogP contribution >= 0.6 is 0 Å². The van der Waals surface area contributed by atoms with Gasteiger partial charge in [0, 0.05) is 12.6 Å². The highest BCUT2D eigenvalue weighted by Gasteiger charge is 2.11. The van der Waals surface area contributed by atoms with E-state index in [1.165, 1.54) is 18.2 Å². The molecule has 0 spiro atoms. The lowest BCUT2D eigenvalue weighted by atomic mass is 10.1. The van der Waals surface area contributed by atoms with Crippen LogP contribution in [0.3, 0.4) is 0 Å². The smallest absolute Gasteiger partial charge is 0.201 e. The summed E-state index contributed by atoms with van der Waals surface area (Å²) in [6, 6.07) is 0. The first-order valence-electron chi connectivity index (χ1n) is 4.46. The molecule has 1 aliphatic carbocycles. The molecule has 3 heteroatoms. The van der Waals surface area contributed by atoms with Gasteiger partial charge < -0.3 is 5.32 Å². The lowest BCUT2D eigenvalue weighted by Crippen LogP contribution is -2.23. The van der Waals surface area contributed by atoms with E-state index in [2.05, 4.69) is 12.2 Å². The Balaban J connectivity index is 2.48. The van der Waals surface area contributed by atoms with Crippen molar-refractivity contribution in [3.63, 3.8) is 0 Å². The Kier molecular flexibility index (Phi) is 3.43. The summed E-state index contributed by atoms with van der Waals surface area (Å²) in [6.07, 6.45) is 6.00. The lowest BCUT2D eigenvalue weighted by Gasteiger charge is -2.08. The maximum absolute atomic E-state index is 11.2. The second kappa shape index (κ2) is 4.60. The summed E-state index contributed by atoms with van der Waals surface area (Å²) in [7, 11) is 0. The zero-order chi connectivity index (χ0) is 9.68. The highest BCUT2D eigenvalue weighted by atomic mass is 16.1. The van der Waals surface area contributed by atoms with Gasteiger partial charge in [0.15, 0.2) is 5.78 Å². The molecule has 1 rings (SSSR count). The molecule has 0 aromatic rings. The topological polar surface area (TPSA) is 46.2 Å². The molecule has 0 saturated heterocycles. The Hall–Kier alpha value is -1.38. The minimum atomic E-state index is -0.126. The van der Waals surface area contributed by atoms with Crippen molar-refractivity contribution >= 4 is 11.6 Å². The third kappa shape index (κ3) is 2.86. The van der Waals surface area contributed by atoms with Crippen LogP contribution in [0.15, 0.2) is 23.9 Å². The van der Waals surface area contributed by atoms with Gasteiger partial charge in [-0.05, 0) is 18.6 Å². The van der Waals surface area contributed by atoms with E-state index in [1.54, 1.807) is 0 Å². The molecule has 1 aliphatic rings. The summed E-state index contributed by atoms with van der Waals surface area (Å²) in [5.41, 5.74) is 0.418. The van der Waals surface area contributed by atoms with E-state index in [1.807, 2.05) is 0 Å². The molecule has 0 bridgehead atoms. The normalized spacial score (nSPS) is 15.9. The average Bonchev–Trinajstić information content (AvgIpc) is 2.11. The van der Waals surface area contributed by atoms with Gasteiger partial charge in [0.25, 0.3) is 0 Å². The van der Waals surface area contributed by atoms with E-state index >= 15 is 0 Å². The second-order valence-corrected chi connectivity index (χ2v) is 2.94. The lowest BCUT2D eigenvalue weighted by molar-refractivity contribution is -0.114. The zero-order valence-corrected chi connectivity index (χ0v) is 7.67. The maximum Gasteiger partial charge on any atom is 0.201 e. The molecule has 0 unspecified atom stereocenters. The Bertz CT molecular complexity index is 277. The molecule has 0 aromatic heterocycles. The second-order valence-electron chi connectivity index (χ2n) is 2.94. The molecule has 0 atom stereocenters. The van der Waals surface area contributed by atoms with Gasteiger partial charge in [0.2, 0.25) is 5.78 Å². The molecule has 0 aromatic carbocycles. The molecule has 1 N–H and O–H groups in total. The van der Waals surface area contributed by atoms with Gasteiger partial charge in [-0.1, -0.05) is 13.3 Å². The van der Waals surface area contributed by atoms with Crippen LogP contribution in [-0.4, -0.2) is 18.1 Å². The predicted molar refractivity (Wildman–Crippen MR) is 50.1 cm³/mol. The highest BCUT2D eigenvalue weighted by molar-refractivity contribution is 6.16. The third-order valence-electron chi connectivity index (χ3n) is 1.80. The summed E-state index contributed by atoms with van der Waals surface area (Å²) in [5.74, 6) is -0.241. The van der Waals surface area contributed by atoms with E-state index < -0.39 is 0 Å². The van der Waals surface area contributed by atoms with E-state index in [-0.39, 0.29) is 11.6 Å². The number of allylic oxidation sites excluding steroid dienone is 3. The van der Waals surface area contributed by atoms with Crippen LogP contribution in [-0.2, 0) is 9.59 Å². The first kappa shape index (κ1) is 9.71. The summed E-state index contributed by atoms with van der Waals surface area (Å²) in [6.45, 7) is 2.82. The Morgan fingerprint density at radius 2 is 2.08 bits per heavy atom. The van der Waals surface area contributed by atoms with E-state index in [4.69, 9.17) is 0 Å². The predicted octanol–water partition coefficient (Wildman–Crippen LogP) is 0.968. The summed E-state index contributed by atoms with van der Waals surface area (Å²) >= 11 is 0. The number of carbonyl (C=O) groups is 2. The monoisotopic (exact) mass is 179 g/mol.